The summed E-state index contributed by atoms with van der Waals surface area (Å²) < 4.78 is 0. The Kier molecular flexibility index (Phi) is 6.08. The van der Waals surface area contributed by atoms with Crippen molar-refractivity contribution in [2.24, 2.45) is 0 Å². The molecule has 4 nitrogen and oxygen atoms in total. The van der Waals surface area contributed by atoms with Gasteiger partial charge >= 0.3 is 5.97 Å². The first-order chi connectivity index (χ1) is 8.65. The zero-order chi connectivity index (χ0) is 13.4. The maximum Gasteiger partial charge on any atom is 0.305 e. The van der Waals surface area contributed by atoms with Gasteiger partial charge < -0.3 is 10.4 Å². The van der Waals surface area contributed by atoms with Crippen molar-refractivity contribution < 1.29 is 14.7 Å². The van der Waals surface area contributed by atoms with E-state index in [1.165, 1.54) is 0 Å². The van der Waals surface area contributed by atoms with E-state index in [4.69, 9.17) is 5.11 Å². The van der Waals surface area contributed by atoms with Crippen LogP contribution in [0.4, 0.5) is 0 Å². The summed E-state index contributed by atoms with van der Waals surface area (Å²) in [5.41, 5.74) is 0.549. The SMILES string of the molecule is CCCCNC(CC(=O)O)C(=O)c1ccccc1. The standard InChI is InChI=1S/C14H19NO3/c1-2-3-9-15-12(10-13(16)17)14(18)11-7-5-4-6-8-11/h4-8,12,15H,2-3,9-10H2,1H3,(H,16,17). The molecule has 0 fully saturated rings. The summed E-state index contributed by atoms with van der Waals surface area (Å²) in [6, 6.07) is 8.15. The average Bonchev–Trinajstić information content (AvgIpc) is 2.37. The Hall–Kier alpha value is -1.68. The van der Waals surface area contributed by atoms with Gasteiger partial charge in [0.25, 0.3) is 0 Å². The van der Waals surface area contributed by atoms with Crippen LogP contribution in [-0.4, -0.2) is 29.4 Å². The second-order valence-electron chi connectivity index (χ2n) is 4.19. The minimum atomic E-state index is -0.965. The molecule has 98 valence electrons. The van der Waals surface area contributed by atoms with E-state index in [9.17, 15) is 9.59 Å². The van der Waals surface area contributed by atoms with E-state index < -0.39 is 12.0 Å². The quantitative estimate of drug-likeness (QED) is 0.547. The van der Waals surface area contributed by atoms with Crippen LogP contribution in [0.2, 0.25) is 0 Å². The van der Waals surface area contributed by atoms with Crippen molar-refractivity contribution in [2.75, 3.05) is 6.54 Å². The molecule has 18 heavy (non-hydrogen) atoms. The maximum absolute atomic E-state index is 12.1. The number of carboxylic acids is 1. The van der Waals surface area contributed by atoms with Gasteiger partial charge in [-0.1, -0.05) is 43.7 Å². The summed E-state index contributed by atoms with van der Waals surface area (Å²) in [5, 5.41) is 11.9. The molecule has 0 heterocycles. The molecule has 0 aliphatic heterocycles. The lowest BCUT2D eigenvalue weighted by Crippen LogP contribution is -2.39. The zero-order valence-electron chi connectivity index (χ0n) is 10.6. The fourth-order valence-electron chi connectivity index (χ4n) is 1.69. The number of nitrogens with one attached hydrogen (secondary N) is 1. The number of carbonyl (C=O) groups is 2. The first-order valence-corrected chi connectivity index (χ1v) is 6.19. The molecule has 2 N–H and O–H groups in total. The molecule has 0 aliphatic carbocycles. The summed E-state index contributed by atoms with van der Waals surface area (Å²) in [4.78, 5) is 22.9. The Morgan fingerprint density at radius 2 is 1.94 bits per heavy atom. The maximum atomic E-state index is 12.1. The van der Waals surface area contributed by atoms with Gasteiger partial charge in [0.15, 0.2) is 5.78 Å². The van der Waals surface area contributed by atoms with Gasteiger partial charge in [0, 0.05) is 5.56 Å². The Balaban J connectivity index is 2.69. The van der Waals surface area contributed by atoms with Crippen LogP contribution in [-0.2, 0) is 4.79 Å². The second kappa shape index (κ2) is 7.61. The minimum Gasteiger partial charge on any atom is -0.481 e. The molecule has 1 rings (SSSR count). The van der Waals surface area contributed by atoms with E-state index in [-0.39, 0.29) is 12.2 Å². The summed E-state index contributed by atoms with van der Waals surface area (Å²) in [6.45, 7) is 2.71. The number of ketones is 1. The number of carbonyl (C=O) groups excluding carboxylic acids is 1. The van der Waals surface area contributed by atoms with Crippen LogP contribution >= 0.6 is 0 Å². The lowest BCUT2D eigenvalue weighted by molar-refractivity contribution is -0.137. The Bertz CT molecular complexity index is 389. The molecule has 1 aromatic rings. The van der Waals surface area contributed by atoms with E-state index in [2.05, 4.69) is 5.32 Å². The Morgan fingerprint density at radius 3 is 2.50 bits per heavy atom. The van der Waals surface area contributed by atoms with Crippen molar-refractivity contribution in [3.05, 3.63) is 35.9 Å². The van der Waals surface area contributed by atoms with Crippen LogP contribution in [0.25, 0.3) is 0 Å². The van der Waals surface area contributed by atoms with Crippen molar-refractivity contribution in [1.29, 1.82) is 0 Å². The van der Waals surface area contributed by atoms with Crippen LogP contribution in [0.5, 0.6) is 0 Å². The van der Waals surface area contributed by atoms with Crippen molar-refractivity contribution >= 4 is 11.8 Å². The molecule has 1 atom stereocenters. The van der Waals surface area contributed by atoms with Crippen LogP contribution < -0.4 is 5.32 Å². The number of unbranched alkanes of at least 4 members (excludes halogenated alkanes) is 1. The third-order valence-electron chi connectivity index (χ3n) is 2.67. The van der Waals surface area contributed by atoms with Crippen LogP contribution in [0.3, 0.4) is 0 Å². The third kappa shape index (κ3) is 4.67. The van der Waals surface area contributed by atoms with Crippen LogP contribution in [0.15, 0.2) is 30.3 Å². The molecule has 1 aromatic carbocycles. The summed E-state index contributed by atoms with van der Waals surface area (Å²) in [7, 11) is 0. The predicted octanol–water partition coefficient (Wildman–Crippen LogP) is 2.10. The van der Waals surface area contributed by atoms with Crippen molar-refractivity contribution in [3.63, 3.8) is 0 Å². The zero-order valence-corrected chi connectivity index (χ0v) is 10.6. The van der Waals surface area contributed by atoms with Gasteiger partial charge in [-0.2, -0.15) is 0 Å². The first-order valence-electron chi connectivity index (χ1n) is 6.19. The topological polar surface area (TPSA) is 66.4 Å². The molecule has 4 heteroatoms. The molecule has 1 unspecified atom stereocenters. The highest BCUT2D eigenvalue weighted by molar-refractivity contribution is 6.01. The normalized spacial score (nSPS) is 12.1. The van der Waals surface area contributed by atoms with Crippen molar-refractivity contribution in [2.45, 2.75) is 32.2 Å². The molecule has 0 aromatic heterocycles. The smallest absolute Gasteiger partial charge is 0.305 e. The molecule has 0 saturated carbocycles. The average molecular weight is 249 g/mol. The molecular weight excluding hydrogens is 230 g/mol. The van der Waals surface area contributed by atoms with Gasteiger partial charge in [-0.05, 0) is 13.0 Å². The van der Waals surface area contributed by atoms with E-state index in [1.807, 2.05) is 13.0 Å². The number of hydrogen-bond donors (Lipinski definition) is 2. The van der Waals surface area contributed by atoms with Crippen LogP contribution in [0, 0.1) is 0 Å². The van der Waals surface area contributed by atoms with Crippen molar-refractivity contribution in [3.8, 4) is 0 Å². The molecule has 0 aliphatic rings. The molecule has 0 amide bonds. The number of hydrogen-bond acceptors (Lipinski definition) is 3. The highest BCUT2D eigenvalue weighted by atomic mass is 16.4. The summed E-state index contributed by atoms with van der Waals surface area (Å²) in [6.07, 6.45) is 1.75. The van der Waals surface area contributed by atoms with E-state index in [0.717, 1.165) is 12.8 Å². The highest BCUT2D eigenvalue weighted by Crippen LogP contribution is 2.06. The van der Waals surface area contributed by atoms with E-state index in [0.29, 0.717) is 12.1 Å². The Labute approximate surface area is 107 Å². The van der Waals surface area contributed by atoms with Gasteiger partial charge in [-0.3, -0.25) is 9.59 Å². The molecule has 0 spiro atoms. The van der Waals surface area contributed by atoms with Gasteiger partial charge in [0.2, 0.25) is 0 Å². The lowest BCUT2D eigenvalue weighted by atomic mass is 10.0. The first kappa shape index (κ1) is 14.4. The lowest BCUT2D eigenvalue weighted by Gasteiger charge is -2.15. The fraction of sp³-hybridized carbons (Fsp3) is 0.429. The molecular formula is C14H19NO3. The number of Topliss-reactive ketones (excluding diaryl/α,β-unsaturated/α-hetero) is 1. The van der Waals surface area contributed by atoms with E-state index in [1.54, 1.807) is 24.3 Å². The summed E-state index contributed by atoms with van der Waals surface area (Å²) >= 11 is 0. The predicted molar refractivity (Wildman–Crippen MR) is 69.7 cm³/mol. The van der Waals surface area contributed by atoms with Crippen LogP contribution in [0.1, 0.15) is 36.5 Å². The van der Waals surface area contributed by atoms with Gasteiger partial charge in [0.05, 0.1) is 12.5 Å². The monoisotopic (exact) mass is 249 g/mol. The molecule has 0 saturated heterocycles. The number of benzene rings is 1. The van der Waals surface area contributed by atoms with E-state index >= 15 is 0 Å². The van der Waals surface area contributed by atoms with Gasteiger partial charge in [-0.15, -0.1) is 0 Å². The van der Waals surface area contributed by atoms with Gasteiger partial charge in [-0.25, -0.2) is 0 Å². The molecule has 0 bridgehead atoms. The molecule has 0 radical (unpaired) electrons. The third-order valence-corrected chi connectivity index (χ3v) is 2.67. The highest BCUT2D eigenvalue weighted by Gasteiger charge is 2.21. The van der Waals surface area contributed by atoms with Crippen molar-refractivity contribution in [1.82, 2.24) is 5.32 Å². The summed E-state index contributed by atoms with van der Waals surface area (Å²) in [5.74, 6) is -1.12. The number of aliphatic carboxylic acids is 1. The number of rotatable bonds is 8. The number of carboxylic acid groups (broad SMARTS) is 1. The second-order valence-corrected chi connectivity index (χ2v) is 4.19. The van der Waals surface area contributed by atoms with Gasteiger partial charge in [0.1, 0.15) is 0 Å². The largest absolute Gasteiger partial charge is 0.481 e. The minimum absolute atomic E-state index is 0.158. The Morgan fingerprint density at radius 1 is 1.28 bits per heavy atom. The fourth-order valence-corrected chi connectivity index (χ4v) is 1.69.